The molecule has 0 fully saturated rings. The fourth-order valence-electron chi connectivity index (χ4n) is 1.69. The summed E-state index contributed by atoms with van der Waals surface area (Å²) in [5.41, 5.74) is 0.863. The lowest BCUT2D eigenvalue weighted by molar-refractivity contribution is 0.169. The molecule has 0 saturated heterocycles. The Balaban J connectivity index is 2.42. The monoisotopic (exact) mass is 210 g/mol. The van der Waals surface area contributed by atoms with Crippen molar-refractivity contribution in [2.75, 3.05) is 13.9 Å². The van der Waals surface area contributed by atoms with Gasteiger partial charge in [-0.25, -0.2) is 0 Å². The third-order valence-electron chi connectivity index (χ3n) is 2.32. The molecular weight excluding hydrogens is 196 g/mol. The molecule has 0 saturated carbocycles. The molecule has 4 nitrogen and oxygen atoms in total. The van der Waals surface area contributed by atoms with Crippen molar-refractivity contribution in [2.24, 2.45) is 0 Å². The van der Waals surface area contributed by atoms with Gasteiger partial charge in [0.25, 0.3) is 0 Å². The molecule has 0 spiro atoms. The zero-order chi connectivity index (χ0) is 10.8. The van der Waals surface area contributed by atoms with Gasteiger partial charge in [0.1, 0.15) is 5.75 Å². The number of aliphatic hydroxyl groups is 1. The van der Waals surface area contributed by atoms with Gasteiger partial charge in [0, 0.05) is 12.0 Å². The van der Waals surface area contributed by atoms with E-state index in [1.807, 2.05) is 12.1 Å². The molecule has 1 aromatic carbocycles. The van der Waals surface area contributed by atoms with Crippen LogP contribution in [0, 0.1) is 0 Å². The lowest BCUT2D eigenvalue weighted by Gasteiger charge is -2.12. The first kappa shape index (κ1) is 10.1. The summed E-state index contributed by atoms with van der Waals surface area (Å²) in [6.07, 6.45) is 0.0602. The van der Waals surface area contributed by atoms with Gasteiger partial charge in [0.05, 0.1) is 13.2 Å². The van der Waals surface area contributed by atoms with Crippen LogP contribution < -0.4 is 14.2 Å². The highest BCUT2D eigenvalue weighted by molar-refractivity contribution is 5.55. The van der Waals surface area contributed by atoms with Crippen molar-refractivity contribution in [1.29, 1.82) is 0 Å². The van der Waals surface area contributed by atoms with E-state index in [9.17, 15) is 5.11 Å². The van der Waals surface area contributed by atoms with Crippen molar-refractivity contribution < 1.29 is 19.3 Å². The molecule has 0 bridgehead atoms. The molecule has 1 aromatic rings. The van der Waals surface area contributed by atoms with E-state index in [0.717, 1.165) is 11.3 Å². The second-order valence-electron chi connectivity index (χ2n) is 3.53. The van der Waals surface area contributed by atoms with Crippen LogP contribution >= 0.6 is 0 Å². The Kier molecular flexibility index (Phi) is 2.68. The molecule has 82 valence electrons. The predicted molar refractivity (Wildman–Crippen MR) is 54.5 cm³/mol. The van der Waals surface area contributed by atoms with E-state index in [1.165, 1.54) is 0 Å². The highest BCUT2D eigenvalue weighted by Gasteiger charge is 2.22. The van der Waals surface area contributed by atoms with Gasteiger partial charge in [-0.15, -0.1) is 0 Å². The Morgan fingerprint density at radius 3 is 2.93 bits per heavy atom. The molecule has 4 heteroatoms. The van der Waals surface area contributed by atoms with Crippen molar-refractivity contribution in [2.45, 2.75) is 19.4 Å². The summed E-state index contributed by atoms with van der Waals surface area (Å²) in [4.78, 5) is 0. The minimum atomic E-state index is -0.436. The molecule has 0 amide bonds. The Hall–Kier alpha value is -1.42. The number of methoxy groups -OCH3 is 1. The SMILES string of the molecule is COc1ccc2c(c1CC(C)O)OCO2. The van der Waals surface area contributed by atoms with Crippen LogP contribution in [0.5, 0.6) is 17.2 Å². The van der Waals surface area contributed by atoms with Crippen molar-refractivity contribution >= 4 is 0 Å². The largest absolute Gasteiger partial charge is 0.496 e. The first-order chi connectivity index (χ1) is 7.22. The van der Waals surface area contributed by atoms with Crippen LogP contribution in [0.1, 0.15) is 12.5 Å². The van der Waals surface area contributed by atoms with Gasteiger partial charge in [0.2, 0.25) is 6.79 Å². The quantitative estimate of drug-likeness (QED) is 0.818. The van der Waals surface area contributed by atoms with Crippen molar-refractivity contribution in [3.8, 4) is 17.2 Å². The van der Waals surface area contributed by atoms with Crippen LogP contribution in [0.25, 0.3) is 0 Å². The maximum absolute atomic E-state index is 9.41. The zero-order valence-corrected chi connectivity index (χ0v) is 8.82. The highest BCUT2D eigenvalue weighted by Crippen LogP contribution is 2.41. The second-order valence-corrected chi connectivity index (χ2v) is 3.53. The van der Waals surface area contributed by atoms with Crippen LogP contribution in [0.15, 0.2) is 12.1 Å². The van der Waals surface area contributed by atoms with Gasteiger partial charge in [-0.3, -0.25) is 0 Å². The van der Waals surface area contributed by atoms with E-state index in [0.29, 0.717) is 17.9 Å². The Morgan fingerprint density at radius 2 is 2.27 bits per heavy atom. The average Bonchev–Trinajstić information content (AvgIpc) is 2.65. The summed E-state index contributed by atoms with van der Waals surface area (Å²) in [5, 5.41) is 9.41. The number of hydrogen-bond donors (Lipinski definition) is 1. The summed E-state index contributed by atoms with van der Waals surface area (Å²) in [6, 6.07) is 3.64. The lowest BCUT2D eigenvalue weighted by atomic mass is 10.1. The summed E-state index contributed by atoms with van der Waals surface area (Å²) in [5.74, 6) is 2.13. The number of rotatable bonds is 3. The van der Waals surface area contributed by atoms with E-state index in [2.05, 4.69) is 0 Å². The zero-order valence-electron chi connectivity index (χ0n) is 8.82. The Labute approximate surface area is 88.4 Å². The molecule has 1 aliphatic heterocycles. The van der Waals surface area contributed by atoms with Crippen LogP contribution in [0.4, 0.5) is 0 Å². The van der Waals surface area contributed by atoms with Gasteiger partial charge in [0.15, 0.2) is 11.5 Å². The summed E-state index contributed by atoms with van der Waals surface area (Å²) < 4.78 is 15.8. The third-order valence-corrected chi connectivity index (χ3v) is 2.32. The maximum Gasteiger partial charge on any atom is 0.231 e. The standard InChI is InChI=1S/C11H14O4/c1-7(12)5-8-9(13-2)3-4-10-11(8)15-6-14-10/h3-4,7,12H,5-6H2,1-2H3. The van der Waals surface area contributed by atoms with E-state index in [-0.39, 0.29) is 6.79 Å². The first-order valence-corrected chi connectivity index (χ1v) is 4.86. The average molecular weight is 210 g/mol. The summed E-state index contributed by atoms with van der Waals surface area (Å²) >= 11 is 0. The van der Waals surface area contributed by atoms with Crippen LogP contribution in [-0.2, 0) is 6.42 Å². The molecule has 15 heavy (non-hydrogen) atoms. The predicted octanol–water partition coefficient (Wildman–Crippen LogP) is 1.35. The fourth-order valence-corrected chi connectivity index (χ4v) is 1.69. The molecule has 1 heterocycles. The van der Waals surface area contributed by atoms with Crippen molar-refractivity contribution in [1.82, 2.24) is 0 Å². The van der Waals surface area contributed by atoms with Gasteiger partial charge in [-0.1, -0.05) is 0 Å². The normalized spacial score (nSPS) is 15.1. The molecule has 2 rings (SSSR count). The Bertz CT molecular complexity index is 360. The van der Waals surface area contributed by atoms with E-state index in [1.54, 1.807) is 14.0 Å². The number of fused-ring (bicyclic) bond motifs is 1. The summed E-state index contributed by atoms with van der Waals surface area (Å²) in [6.45, 7) is 1.96. The first-order valence-electron chi connectivity index (χ1n) is 4.86. The van der Waals surface area contributed by atoms with Gasteiger partial charge in [-0.2, -0.15) is 0 Å². The number of aliphatic hydroxyl groups excluding tert-OH is 1. The van der Waals surface area contributed by atoms with E-state index in [4.69, 9.17) is 14.2 Å². The van der Waals surface area contributed by atoms with Gasteiger partial charge in [-0.05, 0) is 19.1 Å². The second kappa shape index (κ2) is 3.98. The number of hydrogen-bond acceptors (Lipinski definition) is 4. The van der Waals surface area contributed by atoms with Crippen molar-refractivity contribution in [3.05, 3.63) is 17.7 Å². The molecule has 0 aromatic heterocycles. The smallest absolute Gasteiger partial charge is 0.231 e. The van der Waals surface area contributed by atoms with Gasteiger partial charge >= 0.3 is 0 Å². The lowest BCUT2D eigenvalue weighted by Crippen LogP contribution is -2.06. The molecule has 0 aliphatic carbocycles. The number of benzene rings is 1. The van der Waals surface area contributed by atoms with Crippen LogP contribution in [0.3, 0.4) is 0 Å². The Morgan fingerprint density at radius 1 is 1.47 bits per heavy atom. The maximum atomic E-state index is 9.41. The van der Waals surface area contributed by atoms with Crippen molar-refractivity contribution in [3.63, 3.8) is 0 Å². The topological polar surface area (TPSA) is 47.9 Å². The van der Waals surface area contributed by atoms with E-state index >= 15 is 0 Å². The minimum Gasteiger partial charge on any atom is -0.496 e. The minimum absolute atomic E-state index is 0.231. The molecule has 1 atom stereocenters. The highest BCUT2D eigenvalue weighted by atomic mass is 16.7. The van der Waals surface area contributed by atoms with Crippen LogP contribution in [-0.4, -0.2) is 25.1 Å². The molecule has 0 radical (unpaired) electrons. The molecule has 1 unspecified atom stereocenters. The molecular formula is C11H14O4. The fraction of sp³-hybridized carbons (Fsp3) is 0.455. The third kappa shape index (κ3) is 1.85. The molecule has 1 N–H and O–H groups in total. The number of ether oxygens (including phenoxy) is 3. The van der Waals surface area contributed by atoms with E-state index < -0.39 is 6.10 Å². The molecule has 1 aliphatic rings. The van der Waals surface area contributed by atoms with Gasteiger partial charge < -0.3 is 19.3 Å². The van der Waals surface area contributed by atoms with Crippen LogP contribution in [0.2, 0.25) is 0 Å². The summed E-state index contributed by atoms with van der Waals surface area (Å²) in [7, 11) is 1.60.